The van der Waals surface area contributed by atoms with Gasteiger partial charge in [0.05, 0.1) is 50.4 Å². The van der Waals surface area contributed by atoms with E-state index >= 15 is 0 Å². The van der Waals surface area contributed by atoms with E-state index in [1.165, 1.54) is 26.9 Å². The lowest BCUT2D eigenvalue weighted by molar-refractivity contribution is 0.0988. The Morgan fingerprint density at radius 1 is 0.900 bits per heavy atom. The van der Waals surface area contributed by atoms with Gasteiger partial charge in [0.25, 0.3) is 0 Å². The highest BCUT2D eigenvalue weighted by Gasteiger charge is 2.22. The molecule has 1 aliphatic rings. The fourth-order valence-electron chi connectivity index (χ4n) is 3.60. The maximum absolute atomic E-state index is 13.0. The number of rotatable bonds is 7. The molecule has 0 fully saturated rings. The van der Waals surface area contributed by atoms with Crippen molar-refractivity contribution in [2.45, 2.75) is 12.8 Å². The number of Topliss-reactive ketones (excluding diaryl/α,β-unsaturated/α-hetero) is 1. The summed E-state index contributed by atoms with van der Waals surface area (Å²) in [6, 6.07) is 17.1. The summed E-state index contributed by atoms with van der Waals surface area (Å²) >= 11 is 0. The lowest BCUT2D eigenvalue weighted by Crippen LogP contribution is -2.11. The Hall–Kier alpha value is -3.67. The van der Waals surface area contributed by atoms with E-state index in [9.17, 15) is 4.79 Å². The van der Waals surface area contributed by atoms with Crippen LogP contribution in [0.4, 0.5) is 5.69 Å². The topological polar surface area (TPSA) is 70.0 Å². The molecule has 0 saturated carbocycles. The molecule has 152 valence electrons. The van der Waals surface area contributed by atoms with Gasteiger partial charge >= 0.3 is 0 Å². The summed E-state index contributed by atoms with van der Waals surface area (Å²) in [4.78, 5) is 22.4. The van der Waals surface area contributed by atoms with Crippen LogP contribution in [0, 0.1) is 0 Å². The van der Waals surface area contributed by atoms with Gasteiger partial charge < -0.3 is 14.2 Å². The van der Waals surface area contributed by atoms with Crippen molar-refractivity contribution in [2.75, 3.05) is 21.3 Å². The number of nitrogens with zero attached hydrogens (tertiary/aromatic N) is 2. The van der Waals surface area contributed by atoms with Crippen LogP contribution in [0.15, 0.2) is 59.6 Å². The molecule has 0 N–H and O–H groups in total. The number of carbonyl (C=O) groups excluding carboxylic acids is 1. The number of para-hydroxylation sites is 1. The second-order valence-corrected chi connectivity index (χ2v) is 6.86. The van der Waals surface area contributed by atoms with Gasteiger partial charge in [-0.1, -0.05) is 24.3 Å². The Balaban J connectivity index is 1.59. The minimum absolute atomic E-state index is 0.117. The SMILES string of the molecule is COc1ccc(C(=O)Cc2cccc(C3=Nc4ccccc4C3)n2)c(OC)c1OC. The van der Waals surface area contributed by atoms with Crippen LogP contribution >= 0.6 is 0 Å². The van der Waals surface area contributed by atoms with E-state index in [1.54, 1.807) is 12.1 Å². The minimum Gasteiger partial charge on any atom is -0.493 e. The fraction of sp³-hybridized carbons (Fsp3) is 0.208. The highest BCUT2D eigenvalue weighted by molar-refractivity contribution is 6.05. The average Bonchev–Trinajstić information content (AvgIpc) is 3.22. The largest absolute Gasteiger partial charge is 0.493 e. The van der Waals surface area contributed by atoms with Crippen LogP contribution in [0.5, 0.6) is 17.2 Å². The molecule has 0 bridgehead atoms. The number of carbonyl (C=O) groups is 1. The van der Waals surface area contributed by atoms with E-state index < -0.39 is 0 Å². The van der Waals surface area contributed by atoms with Crippen LogP contribution in [0.3, 0.4) is 0 Å². The highest BCUT2D eigenvalue weighted by atomic mass is 16.5. The Bertz CT molecular complexity index is 1140. The molecule has 0 amide bonds. The van der Waals surface area contributed by atoms with Gasteiger partial charge in [-0.15, -0.1) is 0 Å². The number of hydrogen-bond acceptors (Lipinski definition) is 6. The Labute approximate surface area is 175 Å². The fourth-order valence-corrected chi connectivity index (χ4v) is 3.60. The van der Waals surface area contributed by atoms with Gasteiger partial charge in [-0.05, 0) is 35.9 Å². The molecule has 0 atom stereocenters. The van der Waals surface area contributed by atoms with Gasteiger partial charge in [-0.2, -0.15) is 0 Å². The van der Waals surface area contributed by atoms with Gasteiger partial charge in [0.1, 0.15) is 0 Å². The predicted molar refractivity (Wildman–Crippen MR) is 115 cm³/mol. The van der Waals surface area contributed by atoms with Crippen molar-refractivity contribution in [3.8, 4) is 17.2 Å². The monoisotopic (exact) mass is 402 g/mol. The summed E-state index contributed by atoms with van der Waals surface area (Å²) in [5, 5.41) is 0. The third kappa shape index (κ3) is 3.64. The number of aliphatic imine (C=N–C) groups is 1. The average molecular weight is 402 g/mol. The summed E-state index contributed by atoms with van der Waals surface area (Å²) in [7, 11) is 4.56. The number of pyridine rings is 1. The van der Waals surface area contributed by atoms with E-state index in [2.05, 4.69) is 16.0 Å². The molecule has 0 aliphatic carbocycles. The zero-order valence-corrected chi connectivity index (χ0v) is 17.1. The van der Waals surface area contributed by atoms with Crippen molar-refractivity contribution in [3.63, 3.8) is 0 Å². The van der Waals surface area contributed by atoms with Gasteiger partial charge in [-0.3, -0.25) is 14.8 Å². The number of ether oxygens (including phenoxy) is 3. The predicted octanol–water partition coefficient (Wildman–Crippen LogP) is 4.21. The van der Waals surface area contributed by atoms with Crippen LogP contribution in [0.1, 0.15) is 27.3 Å². The first-order valence-electron chi connectivity index (χ1n) is 9.58. The molecule has 2 aromatic carbocycles. The molecule has 30 heavy (non-hydrogen) atoms. The first-order chi connectivity index (χ1) is 14.6. The summed E-state index contributed by atoms with van der Waals surface area (Å²) < 4.78 is 16.1. The summed E-state index contributed by atoms with van der Waals surface area (Å²) in [5.41, 5.74) is 4.96. The molecule has 6 heteroatoms. The number of methoxy groups -OCH3 is 3. The maximum Gasteiger partial charge on any atom is 0.204 e. The van der Waals surface area contributed by atoms with Gasteiger partial charge in [0.2, 0.25) is 5.75 Å². The zero-order chi connectivity index (χ0) is 21.1. The van der Waals surface area contributed by atoms with Crippen molar-refractivity contribution in [1.29, 1.82) is 0 Å². The van der Waals surface area contributed by atoms with E-state index in [1.807, 2.05) is 36.4 Å². The summed E-state index contributed by atoms with van der Waals surface area (Å²) in [6.45, 7) is 0. The van der Waals surface area contributed by atoms with Crippen molar-refractivity contribution in [1.82, 2.24) is 4.98 Å². The Morgan fingerprint density at radius 3 is 2.43 bits per heavy atom. The normalized spacial score (nSPS) is 12.2. The van der Waals surface area contributed by atoms with Gasteiger partial charge in [0, 0.05) is 12.1 Å². The van der Waals surface area contributed by atoms with Crippen LogP contribution in [0.25, 0.3) is 0 Å². The summed E-state index contributed by atoms with van der Waals surface area (Å²) in [5.74, 6) is 1.14. The first-order valence-corrected chi connectivity index (χ1v) is 9.58. The van der Waals surface area contributed by atoms with E-state index in [0.29, 0.717) is 28.5 Å². The summed E-state index contributed by atoms with van der Waals surface area (Å²) in [6.07, 6.45) is 0.879. The standard InChI is InChI=1S/C24H22N2O4/c1-28-22-12-11-17(23(29-2)24(22)30-3)21(27)14-16-8-6-10-19(25-16)20-13-15-7-4-5-9-18(15)26-20/h4-12H,13-14H2,1-3H3. The third-order valence-corrected chi connectivity index (χ3v) is 5.05. The number of aromatic nitrogens is 1. The number of ketones is 1. The smallest absolute Gasteiger partial charge is 0.204 e. The van der Waals surface area contributed by atoms with Crippen LogP contribution < -0.4 is 14.2 Å². The van der Waals surface area contributed by atoms with E-state index in [-0.39, 0.29) is 12.2 Å². The van der Waals surface area contributed by atoms with Crippen molar-refractivity contribution in [2.24, 2.45) is 4.99 Å². The molecule has 0 saturated heterocycles. The van der Waals surface area contributed by atoms with E-state index in [0.717, 1.165) is 23.5 Å². The zero-order valence-electron chi connectivity index (χ0n) is 17.1. The number of fused-ring (bicyclic) bond motifs is 1. The van der Waals surface area contributed by atoms with Gasteiger partial charge in [-0.25, -0.2) is 0 Å². The molecule has 0 spiro atoms. The van der Waals surface area contributed by atoms with Crippen molar-refractivity contribution >= 4 is 17.2 Å². The molecular formula is C24H22N2O4. The first kappa shape index (κ1) is 19.6. The molecular weight excluding hydrogens is 380 g/mol. The quantitative estimate of drug-likeness (QED) is 0.554. The molecule has 0 radical (unpaired) electrons. The van der Waals surface area contributed by atoms with Crippen LogP contribution in [-0.2, 0) is 12.8 Å². The molecule has 0 unspecified atom stereocenters. The molecule has 3 aromatic rings. The molecule has 6 nitrogen and oxygen atoms in total. The van der Waals surface area contributed by atoms with Crippen molar-refractivity contribution in [3.05, 3.63) is 77.1 Å². The lowest BCUT2D eigenvalue weighted by atomic mass is 10.0. The third-order valence-electron chi connectivity index (χ3n) is 5.05. The minimum atomic E-state index is -0.117. The number of hydrogen-bond donors (Lipinski definition) is 0. The lowest BCUT2D eigenvalue weighted by Gasteiger charge is -2.15. The number of benzene rings is 2. The second-order valence-electron chi connectivity index (χ2n) is 6.86. The molecule has 1 aromatic heterocycles. The van der Waals surface area contributed by atoms with Gasteiger partial charge in [0.15, 0.2) is 17.3 Å². The maximum atomic E-state index is 13.0. The highest BCUT2D eigenvalue weighted by Crippen LogP contribution is 2.40. The van der Waals surface area contributed by atoms with Crippen LogP contribution in [-0.4, -0.2) is 37.8 Å². The molecule has 1 aliphatic heterocycles. The Morgan fingerprint density at radius 2 is 1.70 bits per heavy atom. The molecule has 4 rings (SSSR count). The van der Waals surface area contributed by atoms with Crippen molar-refractivity contribution < 1.29 is 19.0 Å². The van der Waals surface area contributed by atoms with E-state index in [4.69, 9.17) is 14.2 Å². The second kappa shape index (κ2) is 8.37. The Kier molecular flexibility index (Phi) is 5.48. The van der Waals surface area contributed by atoms with Crippen LogP contribution in [0.2, 0.25) is 0 Å². The molecule has 2 heterocycles.